The van der Waals surface area contributed by atoms with Crippen molar-refractivity contribution in [2.45, 2.75) is 50.2 Å². The molecule has 0 saturated heterocycles. The Bertz CT molecular complexity index is 903. The first-order chi connectivity index (χ1) is 14.0. The van der Waals surface area contributed by atoms with Gasteiger partial charge >= 0.3 is 0 Å². The van der Waals surface area contributed by atoms with E-state index >= 15 is 0 Å². The number of hydrogen-bond donors (Lipinski definition) is 2. The molecule has 0 aromatic carbocycles. The lowest BCUT2D eigenvalue weighted by molar-refractivity contribution is -0.149. The smallest absolute Gasteiger partial charge is 0.252 e. The Labute approximate surface area is 170 Å². The van der Waals surface area contributed by atoms with Gasteiger partial charge in [-0.3, -0.25) is 19.7 Å². The normalized spacial score (nSPS) is 32.3. The highest BCUT2D eigenvalue weighted by Gasteiger charge is 2.55. The molecule has 0 radical (unpaired) electrons. The zero-order chi connectivity index (χ0) is 20.0. The van der Waals surface area contributed by atoms with Gasteiger partial charge in [-0.1, -0.05) is 0 Å². The van der Waals surface area contributed by atoms with Gasteiger partial charge in [0.05, 0.1) is 22.5 Å². The van der Waals surface area contributed by atoms with Crippen molar-refractivity contribution in [3.63, 3.8) is 0 Å². The molecule has 4 aliphatic carbocycles. The predicted octanol–water partition coefficient (Wildman–Crippen LogP) is 2.57. The summed E-state index contributed by atoms with van der Waals surface area (Å²) in [6.07, 6.45) is 13.1. The number of aromatic nitrogens is 3. The highest BCUT2D eigenvalue weighted by Crippen LogP contribution is 2.57. The van der Waals surface area contributed by atoms with Gasteiger partial charge in [0.25, 0.3) is 5.91 Å². The third-order valence-corrected chi connectivity index (χ3v) is 7.18. The summed E-state index contributed by atoms with van der Waals surface area (Å²) in [7, 11) is 1.86. The second-order valence-corrected chi connectivity index (χ2v) is 8.99. The first kappa shape index (κ1) is 18.5. The van der Waals surface area contributed by atoms with E-state index < -0.39 is 5.91 Å². The molecule has 2 aromatic heterocycles. The Morgan fingerprint density at radius 2 is 1.97 bits per heavy atom. The number of rotatable bonds is 6. The third-order valence-electron chi connectivity index (χ3n) is 7.18. The highest BCUT2D eigenvalue weighted by atomic mass is 16.5. The van der Waals surface area contributed by atoms with Crippen LogP contribution in [0, 0.1) is 17.8 Å². The minimum absolute atomic E-state index is 0.0661. The van der Waals surface area contributed by atoms with E-state index in [0.717, 1.165) is 35.8 Å². The van der Waals surface area contributed by atoms with Crippen molar-refractivity contribution < 1.29 is 9.53 Å². The van der Waals surface area contributed by atoms with Gasteiger partial charge in [-0.25, -0.2) is 0 Å². The first-order valence-electron chi connectivity index (χ1n) is 10.4. The van der Waals surface area contributed by atoms with Gasteiger partial charge in [0.1, 0.15) is 0 Å². The summed E-state index contributed by atoms with van der Waals surface area (Å²) < 4.78 is 5.97. The topological polar surface area (TPSA) is 103 Å². The average Bonchev–Trinajstić information content (AvgIpc) is 2.71. The largest absolute Gasteiger partial charge is 0.381 e. The summed E-state index contributed by atoms with van der Waals surface area (Å²) in [6.45, 7) is 0. The number of methoxy groups -OCH3 is 1. The van der Waals surface area contributed by atoms with E-state index in [0.29, 0.717) is 29.9 Å². The maximum atomic E-state index is 12.0. The molecule has 2 aromatic rings. The molecule has 0 spiro atoms. The lowest BCUT2D eigenvalue weighted by atomic mass is 9.52. The number of nitrogens with zero attached hydrogens (tertiary/aromatic N) is 3. The van der Waals surface area contributed by atoms with Crippen LogP contribution in [-0.4, -0.2) is 39.6 Å². The van der Waals surface area contributed by atoms with E-state index in [9.17, 15) is 4.79 Å². The standard InChI is InChI=1S/C22H27N5O2/c1-29-22-8-13-4-14(9-22)20(15(5-13)10-22)27-19-7-16(26-12-18(19)21(23)28)6-17-11-24-2-3-25-17/h2-3,7,11-15,20H,4-6,8-10H2,1H3,(H2,23,28)(H,26,27)/t13?,14-,15+,20?,22?. The number of nitrogens with two attached hydrogens (primary N) is 1. The van der Waals surface area contributed by atoms with Crippen LogP contribution in [0.5, 0.6) is 0 Å². The van der Waals surface area contributed by atoms with Crippen molar-refractivity contribution >= 4 is 11.6 Å². The summed E-state index contributed by atoms with van der Waals surface area (Å²) in [4.78, 5) is 24.9. The number of ether oxygens (including phenoxy) is 1. The van der Waals surface area contributed by atoms with Crippen molar-refractivity contribution in [3.8, 4) is 0 Å². The van der Waals surface area contributed by atoms with Crippen molar-refractivity contribution in [2.75, 3.05) is 12.4 Å². The van der Waals surface area contributed by atoms with E-state index in [-0.39, 0.29) is 5.60 Å². The number of anilines is 1. The van der Waals surface area contributed by atoms with Gasteiger partial charge in [0.2, 0.25) is 0 Å². The quantitative estimate of drug-likeness (QED) is 0.782. The van der Waals surface area contributed by atoms with E-state index in [1.165, 1.54) is 19.3 Å². The molecule has 4 bridgehead atoms. The fourth-order valence-corrected chi connectivity index (χ4v) is 6.13. The number of hydrogen-bond acceptors (Lipinski definition) is 6. The molecule has 7 nitrogen and oxygen atoms in total. The van der Waals surface area contributed by atoms with Gasteiger partial charge < -0.3 is 15.8 Å². The fourth-order valence-electron chi connectivity index (χ4n) is 6.13. The zero-order valence-electron chi connectivity index (χ0n) is 16.7. The summed E-state index contributed by atoms with van der Waals surface area (Å²) >= 11 is 0. The molecule has 1 amide bonds. The molecule has 3 N–H and O–H groups in total. The molecular weight excluding hydrogens is 366 g/mol. The maximum Gasteiger partial charge on any atom is 0.252 e. The molecule has 4 saturated carbocycles. The summed E-state index contributed by atoms with van der Waals surface area (Å²) in [5.41, 5.74) is 8.63. The van der Waals surface area contributed by atoms with Gasteiger partial charge in [0, 0.05) is 50.1 Å². The Kier molecular flexibility index (Phi) is 4.50. The lowest BCUT2D eigenvalue weighted by Crippen LogP contribution is -2.59. The van der Waals surface area contributed by atoms with E-state index in [1.54, 1.807) is 24.8 Å². The van der Waals surface area contributed by atoms with Crippen LogP contribution in [0.2, 0.25) is 0 Å². The minimum Gasteiger partial charge on any atom is -0.381 e. The summed E-state index contributed by atoms with van der Waals surface area (Å²) in [6, 6.07) is 2.30. The molecule has 2 heterocycles. The van der Waals surface area contributed by atoms with E-state index in [4.69, 9.17) is 10.5 Å². The SMILES string of the molecule is COC12CC3C[C@H](C1)C(Nc1cc(Cc4cnccn4)ncc1C(N)=O)[C@@H](C3)C2. The van der Waals surface area contributed by atoms with E-state index in [2.05, 4.69) is 20.3 Å². The van der Waals surface area contributed by atoms with E-state index in [1.807, 2.05) is 13.2 Å². The Morgan fingerprint density at radius 1 is 1.17 bits per heavy atom. The number of amides is 1. The fraction of sp³-hybridized carbons (Fsp3) is 0.545. The Hall–Kier alpha value is -2.54. The first-order valence-corrected chi connectivity index (χ1v) is 10.4. The van der Waals surface area contributed by atoms with Crippen LogP contribution < -0.4 is 11.1 Å². The van der Waals surface area contributed by atoms with Gasteiger partial charge in [-0.15, -0.1) is 0 Å². The molecule has 4 aliphatic rings. The van der Waals surface area contributed by atoms with Crippen LogP contribution >= 0.6 is 0 Å². The predicted molar refractivity (Wildman–Crippen MR) is 108 cm³/mol. The minimum atomic E-state index is -0.455. The van der Waals surface area contributed by atoms with Crippen molar-refractivity contribution in [1.82, 2.24) is 15.0 Å². The highest BCUT2D eigenvalue weighted by molar-refractivity contribution is 5.98. The van der Waals surface area contributed by atoms with Gasteiger partial charge in [0.15, 0.2) is 0 Å². The van der Waals surface area contributed by atoms with Crippen LogP contribution in [0.1, 0.15) is 53.8 Å². The van der Waals surface area contributed by atoms with Crippen LogP contribution in [-0.2, 0) is 11.2 Å². The molecule has 0 aliphatic heterocycles. The van der Waals surface area contributed by atoms with Gasteiger partial charge in [-0.05, 0) is 55.9 Å². The van der Waals surface area contributed by atoms with Crippen molar-refractivity contribution in [2.24, 2.45) is 23.5 Å². The monoisotopic (exact) mass is 393 g/mol. The summed E-state index contributed by atoms with van der Waals surface area (Å²) in [5.74, 6) is 1.45. The molecule has 4 fully saturated rings. The summed E-state index contributed by atoms with van der Waals surface area (Å²) in [5, 5.41) is 3.71. The second-order valence-electron chi connectivity index (χ2n) is 8.99. The molecule has 3 unspecified atom stereocenters. The van der Waals surface area contributed by atoms with Crippen LogP contribution in [0.25, 0.3) is 0 Å². The maximum absolute atomic E-state index is 12.0. The molecule has 152 valence electrons. The average molecular weight is 393 g/mol. The molecule has 5 atom stereocenters. The van der Waals surface area contributed by atoms with Crippen LogP contribution in [0.15, 0.2) is 30.9 Å². The number of pyridine rings is 1. The number of carbonyl (C=O) groups excluding carboxylic acids is 1. The molecule has 6 rings (SSSR count). The lowest BCUT2D eigenvalue weighted by Gasteiger charge is -2.59. The zero-order valence-corrected chi connectivity index (χ0v) is 16.7. The van der Waals surface area contributed by atoms with Crippen LogP contribution in [0.4, 0.5) is 5.69 Å². The number of primary amides is 1. The number of nitrogens with one attached hydrogen (secondary N) is 1. The Morgan fingerprint density at radius 3 is 2.62 bits per heavy atom. The third kappa shape index (κ3) is 3.37. The van der Waals surface area contributed by atoms with Crippen molar-refractivity contribution in [1.29, 1.82) is 0 Å². The molecule has 29 heavy (non-hydrogen) atoms. The van der Waals surface area contributed by atoms with Crippen molar-refractivity contribution in [3.05, 3.63) is 47.8 Å². The van der Waals surface area contributed by atoms with Crippen LogP contribution in [0.3, 0.4) is 0 Å². The second kappa shape index (κ2) is 7.06. The number of carbonyl (C=O) groups is 1. The molecule has 7 heteroatoms. The molecular formula is C22H27N5O2. The van der Waals surface area contributed by atoms with Gasteiger partial charge in [-0.2, -0.15) is 0 Å². The Balaban J connectivity index is 1.41.